The topological polar surface area (TPSA) is 76.4 Å². The molecule has 1 aromatic carbocycles. The van der Waals surface area contributed by atoms with E-state index in [2.05, 4.69) is 49.4 Å². The predicted molar refractivity (Wildman–Crippen MR) is 113 cm³/mol. The molecule has 0 spiro atoms. The Hall–Kier alpha value is -1.84. The molecule has 0 unspecified atom stereocenters. The van der Waals surface area contributed by atoms with Crippen LogP contribution in [0.25, 0.3) is 0 Å². The lowest BCUT2D eigenvalue weighted by Crippen LogP contribution is -2.37. The van der Waals surface area contributed by atoms with Gasteiger partial charge in [0.15, 0.2) is 11.8 Å². The van der Waals surface area contributed by atoms with E-state index in [0.717, 1.165) is 41.9 Å². The summed E-state index contributed by atoms with van der Waals surface area (Å²) in [6.07, 6.45) is 3.42. The number of hydrogen-bond acceptors (Lipinski definition) is 4. The van der Waals surface area contributed by atoms with Gasteiger partial charge in [0, 0.05) is 32.1 Å². The van der Waals surface area contributed by atoms with Gasteiger partial charge < -0.3 is 19.9 Å². The molecule has 142 valence electrons. The van der Waals surface area contributed by atoms with E-state index in [0.29, 0.717) is 13.1 Å². The number of aliphatic imine (C=N–C) groups is 1. The number of nitrogens with zero attached hydrogens (tertiary/aromatic N) is 4. The number of hydrogen-bond donors (Lipinski definition) is 2. The fourth-order valence-electron chi connectivity index (χ4n) is 3.06. The average molecular weight is 470 g/mol. The maximum Gasteiger partial charge on any atom is 0.191 e. The van der Waals surface area contributed by atoms with E-state index in [1.165, 1.54) is 18.4 Å². The van der Waals surface area contributed by atoms with Crippen LogP contribution in [0.1, 0.15) is 35.6 Å². The van der Waals surface area contributed by atoms with E-state index >= 15 is 0 Å². The quantitative estimate of drug-likeness (QED) is 0.399. The Morgan fingerprint density at radius 2 is 2.04 bits per heavy atom. The van der Waals surface area contributed by atoms with Crippen LogP contribution in [0.4, 0.5) is 0 Å². The molecule has 2 aromatic rings. The molecule has 0 amide bonds. The van der Waals surface area contributed by atoms with Crippen molar-refractivity contribution in [2.75, 3.05) is 14.2 Å². The number of halogens is 1. The first-order valence-corrected chi connectivity index (χ1v) is 8.70. The van der Waals surface area contributed by atoms with Crippen molar-refractivity contribution in [3.8, 4) is 5.75 Å². The first kappa shape index (κ1) is 20.5. The number of fused-ring (bicyclic) bond motifs is 1. The smallest absolute Gasteiger partial charge is 0.191 e. The summed E-state index contributed by atoms with van der Waals surface area (Å²) in [6.45, 7) is 4.31. The van der Waals surface area contributed by atoms with Crippen molar-refractivity contribution >= 4 is 29.9 Å². The molecule has 0 aliphatic carbocycles. The van der Waals surface area contributed by atoms with Gasteiger partial charge in [0.05, 0.1) is 13.7 Å². The van der Waals surface area contributed by atoms with Crippen LogP contribution in [0.3, 0.4) is 0 Å². The Morgan fingerprint density at radius 3 is 2.81 bits per heavy atom. The molecule has 1 aliphatic heterocycles. The van der Waals surface area contributed by atoms with Crippen LogP contribution in [0.2, 0.25) is 0 Å². The molecule has 0 fully saturated rings. The Kier molecular flexibility index (Phi) is 7.67. The molecule has 7 nitrogen and oxygen atoms in total. The molecule has 1 aromatic heterocycles. The summed E-state index contributed by atoms with van der Waals surface area (Å²) in [5.41, 5.74) is 2.27. The van der Waals surface area contributed by atoms with E-state index in [-0.39, 0.29) is 24.0 Å². The lowest BCUT2D eigenvalue weighted by molar-refractivity contribution is 0.408. The van der Waals surface area contributed by atoms with Gasteiger partial charge in [0.1, 0.15) is 11.6 Å². The maximum absolute atomic E-state index is 5.45. The molecule has 0 saturated carbocycles. The monoisotopic (exact) mass is 470 g/mol. The molecule has 1 aliphatic rings. The Morgan fingerprint density at radius 1 is 1.23 bits per heavy atom. The normalized spacial score (nSPS) is 13.6. The average Bonchev–Trinajstić information content (AvgIpc) is 3.06. The number of aromatic nitrogens is 3. The number of benzene rings is 1. The Balaban J connectivity index is 0.00000243. The van der Waals surface area contributed by atoms with E-state index in [4.69, 9.17) is 4.74 Å². The van der Waals surface area contributed by atoms with Crippen molar-refractivity contribution < 1.29 is 4.74 Å². The summed E-state index contributed by atoms with van der Waals surface area (Å²) in [4.78, 5) is 4.28. The van der Waals surface area contributed by atoms with Gasteiger partial charge in [-0.15, -0.1) is 34.2 Å². The van der Waals surface area contributed by atoms with Gasteiger partial charge in [-0.3, -0.25) is 4.99 Å². The van der Waals surface area contributed by atoms with Gasteiger partial charge in [-0.25, -0.2) is 0 Å². The third kappa shape index (κ3) is 4.87. The van der Waals surface area contributed by atoms with Crippen molar-refractivity contribution in [3.05, 3.63) is 41.0 Å². The highest BCUT2D eigenvalue weighted by Crippen LogP contribution is 2.19. The molecule has 2 N–H and O–H groups in total. The van der Waals surface area contributed by atoms with Crippen LogP contribution < -0.4 is 15.4 Å². The van der Waals surface area contributed by atoms with Crippen LogP contribution in [0.5, 0.6) is 5.75 Å². The second-order valence-electron chi connectivity index (χ2n) is 6.24. The largest absolute Gasteiger partial charge is 0.496 e. The third-order valence-electron chi connectivity index (χ3n) is 4.46. The summed E-state index contributed by atoms with van der Waals surface area (Å²) >= 11 is 0. The van der Waals surface area contributed by atoms with Gasteiger partial charge in [-0.1, -0.05) is 12.1 Å². The molecule has 0 radical (unpaired) electrons. The number of ether oxygens (including phenoxy) is 1. The molecule has 2 heterocycles. The van der Waals surface area contributed by atoms with Crippen molar-refractivity contribution in [3.63, 3.8) is 0 Å². The van der Waals surface area contributed by atoms with Gasteiger partial charge >= 0.3 is 0 Å². The van der Waals surface area contributed by atoms with Gasteiger partial charge in [0.25, 0.3) is 0 Å². The SMILES string of the molecule is CN=C(NCc1ccc(C)cc1OC)NCc1nnc2n1CCCC2.I. The minimum Gasteiger partial charge on any atom is -0.496 e. The molecule has 26 heavy (non-hydrogen) atoms. The van der Waals surface area contributed by atoms with Crippen LogP contribution >= 0.6 is 24.0 Å². The highest BCUT2D eigenvalue weighted by atomic mass is 127. The molecule has 0 saturated heterocycles. The van der Waals surface area contributed by atoms with E-state index in [1.54, 1.807) is 14.2 Å². The highest BCUT2D eigenvalue weighted by Gasteiger charge is 2.15. The first-order chi connectivity index (χ1) is 12.2. The number of nitrogens with one attached hydrogen (secondary N) is 2. The molecule has 8 heteroatoms. The minimum absolute atomic E-state index is 0. The zero-order chi connectivity index (χ0) is 17.6. The zero-order valence-corrected chi connectivity index (χ0v) is 17.9. The van der Waals surface area contributed by atoms with E-state index in [9.17, 15) is 0 Å². The van der Waals surface area contributed by atoms with Gasteiger partial charge in [0.2, 0.25) is 0 Å². The standard InChI is InChI=1S/C18H26N6O.HI/c1-13-7-8-14(15(10-13)25-3)11-20-18(19-2)21-12-17-23-22-16-6-4-5-9-24(16)17;/h7-8,10H,4-6,9,11-12H2,1-3H3,(H2,19,20,21);1H. The Bertz CT molecular complexity index is 758. The molecule has 3 rings (SSSR count). The second kappa shape index (κ2) is 9.75. The molecular weight excluding hydrogens is 443 g/mol. The van der Waals surface area contributed by atoms with Crippen molar-refractivity contribution in [1.29, 1.82) is 0 Å². The number of methoxy groups -OCH3 is 1. The van der Waals surface area contributed by atoms with Crippen LogP contribution in [-0.4, -0.2) is 34.9 Å². The maximum atomic E-state index is 5.45. The first-order valence-electron chi connectivity index (χ1n) is 8.70. The Labute approximate surface area is 171 Å². The number of rotatable bonds is 5. The van der Waals surface area contributed by atoms with Crippen LogP contribution in [-0.2, 0) is 26.1 Å². The van der Waals surface area contributed by atoms with E-state index in [1.807, 2.05) is 6.07 Å². The lowest BCUT2D eigenvalue weighted by atomic mass is 10.1. The zero-order valence-electron chi connectivity index (χ0n) is 15.6. The van der Waals surface area contributed by atoms with Crippen molar-refractivity contribution in [2.24, 2.45) is 4.99 Å². The summed E-state index contributed by atoms with van der Waals surface area (Å²) in [7, 11) is 3.46. The number of aryl methyl sites for hydroxylation is 2. The summed E-state index contributed by atoms with van der Waals surface area (Å²) in [5, 5.41) is 15.2. The van der Waals surface area contributed by atoms with Crippen LogP contribution in [0.15, 0.2) is 23.2 Å². The van der Waals surface area contributed by atoms with Crippen molar-refractivity contribution in [1.82, 2.24) is 25.4 Å². The predicted octanol–water partition coefficient (Wildman–Crippen LogP) is 2.41. The summed E-state index contributed by atoms with van der Waals surface area (Å²) in [5.74, 6) is 3.67. The third-order valence-corrected chi connectivity index (χ3v) is 4.46. The van der Waals surface area contributed by atoms with Gasteiger partial charge in [-0.05, 0) is 31.4 Å². The van der Waals surface area contributed by atoms with Crippen molar-refractivity contribution in [2.45, 2.75) is 45.8 Å². The fourth-order valence-corrected chi connectivity index (χ4v) is 3.06. The molecule has 0 atom stereocenters. The number of guanidine groups is 1. The van der Waals surface area contributed by atoms with Gasteiger partial charge in [-0.2, -0.15) is 0 Å². The highest BCUT2D eigenvalue weighted by molar-refractivity contribution is 14.0. The van der Waals surface area contributed by atoms with E-state index < -0.39 is 0 Å². The van der Waals surface area contributed by atoms with Crippen LogP contribution in [0, 0.1) is 6.92 Å². The molecular formula is C18H27IN6O. The summed E-state index contributed by atoms with van der Waals surface area (Å²) < 4.78 is 7.67. The molecule has 0 bridgehead atoms. The summed E-state index contributed by atoms with van der Waals surface area (Å²) in [6, 6.07) is 6.19. The fraction of sp³-hybridized carbons (Fsp3) is 0.500. The minimum atomic E-state index is 0. The lowest BCUT2D eigenvalue weighted by Gasteiger charge is -2.16. The second-order valence-corrected chi connectivity index (χ2v) is 6.24.